The number of nitrogens with one attached hydrogen (secondary N) is 1. The fraction of sp³-hybridized carbons (Fsp3) is 0.103. The molecule has 0 unspecified atom stereocenters. The van der Waals surface area contributed by atoms with Crippen molar-refractivity contribution in [1.29, 1.82) is 5.26 Å². The molecule has 1 N–H and O–H groups in total. The van der Waals surface area contributed by atoms with Gasteiger partial charge in [0.15, 0.2) is 0 Å². The number of aryl methyl sites for hydroxylation is 1. The van der Waals surface area contributed by atoms with Crippen LogP contribution in [0.15, 0.2) is 72.3 Å². The Balaban J connectivity index is 1.57. The number of alkyl halides is 3. The summed E-state index contributed by atoms with van der Waals surface area (Å²) >= 11 is 11.9. The number of ether oxygens (including phenoxy) is 1. The highest BCUT2D eigenvalue weighted by Gasteiger charge is 2.33. The number of anilines is 1. The van der Waals surface area contributed by atoms with Crippen molar-refractivity contribution in [2.75, 3.05) is 5.32 Å². The molecule has 214 valence electrons. The van der Waals surface area contributed by atoms with Gasteiger partial charge in [0.1, 0.15) is 17.4 Å². The number of hydrogen-bond acceptors (Lipinski definition) is 5. The quantitative estimate of drug-likeness (QED) is 0.0968. The zero-order chi connectivity index (χ0) is 30.8. The molecule has 0 saturated heterocycles. The normalized spacial score (nSPS) is 11.6. The van der Waals surface area contributed by atoms with E-state index in [1.54, 1.807) is 31.2 Å². The smallest absolute Gasteiger partial charge is 0.416 e. The molecule has 4 rings (SSSR count). The van der Waals surface area contributed by atoms with Crippen LogP contribution >= 0.6 is 23.2 Å². The lowest BCUT2D eigenvalue weighted by atomic mass is 10.1. The number of hydrogen-bond donors (Lipinski definition) is 1. The van der Waals surface area contributed by atoms with Crippen LogP contribution in [-0.2, 0) is 11.0 Å². The van der Waals surface area contributed by atoms with Crippen molar-refractivity contribution in [3.63, 3.8) is 0 Å². The van der Waals surface area contributed by atoms with E-state index in [1.165, 1.54) is 30.3 Å². The summed E-state index contributed by atoms with van der Waals surface area (Å²) in [7, 11) is 0. The lowest BCUT2D eigenvalue weighted by molar-refractivity contribution is -0.385. The fourth-order valence-electron chi connectivity index (χ4n) is 4.12. The van der Waals surface area contributed by atoms with Gasteiger partial charge in [-0.2, -0.15) is 18.4 Å². The van der Waals surface area contributed by atoms with Crippen LogP contribution in [0.1, 0.15) is 22.5 Å². The first-order valence-electron chi connectivity index (χ1n) is 12.0. The Labute approximate surface area is 247 Å². The maximum atomic E-state index is 13.0. The molecule has 1 amide bonds. The number of nitro groups is 1. The molecular weight excluding hydrogens is 596 g/mol. The predicted octanol–water partition coefficient (Wildman–Crippen LogP) is 8.67. The summed E-state index contributed by atoms with van der Waals surface area (Å²) in [5.74, 6) is -0.820. The highest BCUT2D eigenvalue weighted by atomic mass is 35.5. The lowest BCUT2D eigenvalue weighted by Gasteiger charge is -2.12. The molecule has 8 nitrogen and oxygen atoms in total. The first-order chi connectivity index (χ1) is 19.8. The standard InChI is InChI=1S/C29H19Cl2F3N4O4/c1-16-11-18(12-19(15-35)28(39)36-21-4-9-24(30)25(31)14-21)17(2)37(16)22-5-7-23(8-6-22)42-27-10-3-20(29(32,33)34)13-26(27)38(40)41/h3-14H,1-2H3,(H,36,39)/b19-12-. The van der Waals surface area contributed by atoms with Crippen molar-refractivity contribution in [3.8, 4) is 23.3 Å². The maximum absolute atomic E-state index is 13.0. The summed E-state index contributed by atoms with van der Waals surface area (Å²) in [5.41, 5.74) is 0.980. The third-order valence-corrected chi connectivity index (χ3v) is 6.86. The van der Waals surface area contributed by atoms with E-state index in [2.05, 4.69) is 5.32 Å². The fourth-order valence-corrected chi connectivity index (χ4v) is 4.42. The molecule has 1 aromatic heterocycles. The summed E-state index contributed by atoms with van der Waals surface area (Å²) in [6, 6.07) is 16.6. The number of nitriles is 1. The first-order valence-corrected chi connectivity index (χ1v) is 12.7. The minimum Gasteiger partial charge on any atom is -0.450 e. The molecule has 0 atom stereocenters. The summed E-state index contributed by atoms with van der Waals surface area (Å²) in [5, 5.41) is 24.2. The van der Waals surface area contributed by atoms with Gasteiger partial charge in [0.2, 0.25) is 5.75 Å². The Morgan fingerprint density at radius 3 is 2.33 bits per heavy atom. The monoisotopic (exact) mass is 614 g/mol. The van der Waals surface area contributed by atoms with E-state index >= 15 is 0 Å². The molecule has 0 aliphatic heterocycles. The van der Waals surface area contributed by atoms with Crippen molar-refractivity contribution in [2.45, 2.75) is 20.0 Å². The van der Waals surface area contributed by atoms with E-state index in [-0.39, 0.29) is 22.1 Å². The highest BCUT2D eigenvalue weighted by molar-refractivity contribution is 6.42. The third kappa shape index (κ3) is 6.57. The van der Waals surface area contributed by atoms with Crippen molar-refractivity contribution in [1.82, 2.24) is 4.57 Å². The molecule has 0 saturated carbocycles. The molecule has 0 spiro atoms. The van der Waals surface area contributed by atoms with E-state index in [9.17, 15) is 33.3 Å². The first kappa shape index (κ1) is 30.2. The van der Waals surface area contributed by atoms with Crippen LogP contribution in [0.3, 0.4) is 0 Å². The molecule has 0 aliphatic rings. The van der Waals surface area contributed by atoms with Crippen molar-refractivity contribution < 1.29 is 27.6 Å². The molecule has 4 aromatic rings. The average molecular weight is 615 g/mol. The maximum Gasteiger partial charge on any atom is 0.416 e. The minimum atomic E-state index is -4.74. The van der Waals surface area contributed by atoms with Gasteiger partial charge in [-0.05, 0) is 86.2 Å². The number of carbonyl (C=O) groups excluding carboxylic acids is 1. The van der Waals surface area contributed by atoms with E-state index in [0.717, 1.165) is 11.8 Å². The topological polar surface area (TPSA) is 110 Å². The van der Waals surface area contributed by atoms with Crippen LogP contribution in [-0.4, -0.2) is 15.4 Å². The van der Waals surface area contributed by atoms with Crippen LogP contribution in [0.25, 0.3) is 11.8 Å². The van der Waals surface area contributed by atoms with Gasteiger partial charge in [-0.3, -0.25) is 14.9 Å². The highest BCUT2D eigenvalue weighted by Crippen LogP contribution is 2.38. The van der Waals surface area contributed by atoms with Crippen molar-refractivity contribution in [2.24, 2.45) is 0 Å². The SMILES string of the molecule is Cc1cc(/C=C(/C#N)C(=O)Nc2ccc(Cl)c(Cl)c2)c(C)n1-c1ccc(Oc2ccc(C(F)(F)F)cc2[N+](=O)[O-])cc1. The number of benzene rings is 3. The Morgan fingerprint density at radius 1 is 1.05 bits per heavy atom. The largest absolute Gasteiger partial charge is 0.450 e. The number of aromatic nitrogens is 1. The van der Waals surface area contributed by atoms with Gasteiger partial charge in [-0.25, -0.2) is 0 Å². The lowest BCUT2D eigenvalue weighted by Crippen LogP contribution is -2.13. The molecule has 13 heteroatoms. The van der Waals surface area contributed by atoms with Gasteiger partial charge in [0.25, 0.3) is 5.91 Å². The van der Waals surface area contributed by atoms with E-state index in [0.29, 0.717) is 39.8 Å². The molecular formula is C29H19Cl2F3N4O4. The summed E-state index contributed by atoms with van der Waals surface area (Å²) < 4.78 is 46.4. The second kappa shape index (κ2) is 12.0. The van der Waals surface area contributed by atoms with Crippen molar-refractivity contribution in [3.05, 3.63) is 115 Å². The zero-order valence-electron chi connectivity index (χ0n) is 21.8. The predicted molar refractivity (Wildman–Crippen MR) is 152 cm³/mol. The molecule has 3 aromatic carbocycles. The number of halogens is 5. The van der Waals surface area contributed by atoms with E-state index in [4.69, 9.17) is 27.9 Å². The van der Waals surface area contributed by atoms with Crippen LogP contribution in [0.2, 0.25) is 10.0 Å². The molecule has 42 heavy (non-hydrogen) atoms. The zero-order valence-corrected chi connectivity index (χ0v) is 23.3. The van der Waals surface area contributed by atoms with Gasteiger partial charge < -0.3 is 14.6 Å². The van der Waals surface area contributed by atoms with Crippen molar-refractivity contribution >= 4 is 46.6 Å². The van der Waals surface area contributed by atoms with Crippen LogP contribution < -0.4 is 10.1 Å². The van der Waals surface area contributed by atoms with Crippen LogP contribution in [0.5, 0.6) is 11.5 Å². The molecule has 1 heterocycles. The van der Waals surface area contributed by atoms with Gasteiger partial charge in [-0.15, -0.1) is 0 Å². The van der Waals surface area contributed by atoms with E-state index in [1.807, 2.05) is 17.6 Å². The average Bonchev–Trinajstić information content (AvgIpc) is 3.21. The number of amides is 1. The molecule has 0 bridgehead atoms. The number of rotatable bonds is 7. The number of carbonyl (C=O) groups is 1. The Hall–Kier alpha value is -4.79. The number of nitro benzene ring substituents is 1. The number of nitrogens with zero attached hydrogens (tertiary/aromatic N) is 3. The third-order valence-electron chi connectivity index (χ3n) is 6.12. The van der Waals surface area contributed by atoms with Gasteiger partial charge in [-0.1, -0.05) is 23.2 Å². The van der Waals surface area contributed by atoms with Crippen LogP contribution in [0, 0.1) is 35.3 Å². The van der Waals surface area contributed by atoms with Gasteiger partial charge in [0, 0.05) is 28.8 Å². The summed E-state index contributed by atoms with van der Waals surface area (Å²) in [4.78, 5) is 23.2. The van der Waals surface area contributed by atoms with Crippen LogP contribution in [0.4, 0.5) is 24.5 Å². The molecule has 0 aliphatic carbocycles. The second-order valence-corrected chi connectivity index (χ2v) is 9.76. The molecule has 0 fully saturated rings. The Kier molecular flexibility index (Phi) is 8.61. The second-order valence-electron chi connectivity index (χ2n) is 8.95. The minimum absolute atomic E-state index is 0.150. The van der Waals surface area contributed by atoms with Gasteiger partial charge >= 0.3 is 11.9 Å². The van der Waals surface area contributed by atoms with E-state index < -0.39 is 28.3 Å². The summed E-state index contributed by atoms with van der Waals surface area (Å²) in [6.45, 7) is 3.61. The Morgan fingerprint density at radius 2 is 1.74 bits per heavy atom. The summed E-state index contributed by atoms with van der Waals surface area (Å²) in [6.07, 6.45) is -3.29. The Bertz CT molecular complexity index is 1780. The van der Waals surface area contributed by atoms with Gasteiger partial charge in [0.05, 0.1) is 20.5 Å². The molecule has 0 radical (unpaired) electrons.